The molecule has 1 aromatic heterocycles. The number of methoxy groups -OCH3 is 1. The summed E-state index contributed by atoms with van der Waals surface area (Å²) in [5.74, 6) is -0.269. The summed E-state index contributed by atoms with van der Waals surface area (Å²) in [6, 6.07) is 0. The van der Waals surface area contributed by atoms with Crippen molar-refractivity contribution in [3.05, 3.63) is 22.5 Å². The van der Waals surface area contributed by atoms with Crippen LogP contribution in [0, 0.1) is 6.92 Å². The topological polar surface area (TPSA) is 59.2 Å². The fourth-order valence-electron chi connectivity index (χ4n) is 1.62. The molecular formula is C11H15NO3. The van der Waals surface area contributed by atoms with Gasteiger partial charge in [-0.1, -0.05) is 13.8 Å². The molecule has 1 rings (SSSR count). The Morgan fingerprint density at radius 1 is 1.47 bits per heavy atom. The van der Waals surface area contributed by atoms with Gasteiger partial charge < -0.3 is 9.72 Å². The molecule has 15 heavy (non-hydrogen) atoms. The average molecular weight is 209 g/mol. The first kappa shape index (κ1) is 11.5. The van der Waals surface area contributed by atoms with Crippen LogP contribution in [-0.4, -0.2) is 24.3 Å². The van der Waals surface area contributed by atoms with Crippen molar-refractivity contribution in [3.63, 3.8) is 0 Å². The van der Waals surface area contributed by atoms with Crippen molar-refractivity contribution in [2.75, 3.05) is 7.11 Å². The lowest BCUT2D eigenvalue weighted by atomic mass is 10.0. The fraction of sp³-hybridized carbons (Fsp3) is 0.455. The molecule has 0 aliphatic heterocycles. The van der Waals surface area contributed by atoms with Gasteiger partial charge in [0.05, 0.1) is 7.11 Å². The van der Waals surface area contributed by atoms with E-state index in [2.05, 4.69) is 9.72 Å². The first-order valence-corrected chi connectivity index (χ1v) is 4.78. The van der Waals surface area contributed by atoms with Crippen molar-refractivity contribution in [2.45, 2.75) is 26.7 Å². The summed E-state index contributed by atoms with van der Waals surface area (Å²) in [4.78, 5) is 25.2. The number of rotatable bonds is 3. The van der Waals surface area contributed by atoms with Crippen molar-refractivity contribution in [2.24, 2.45) is 0 Å². The molecule has 0 aromatic carbocycles. The molecule has 0 atom stereocenters. The van der Waals surface area contributed by atoms with Gasteiger partial charge in [0, 0.05) is 11.3 Å². The van der Waals surface area contributed by atoms with Crippen molar-refractivity contribution in [1.29, 1.82) is 0 Å². The minimum atomic E-state index is -0.507. The quantitative estimate of drug-likeness (QED) is 0.612. The van der Waals surface area contributed by atoms with Gasteiger partial charge in [0.25, 0.3) is 0 Å². The minimum absolute atomic E-state index is 0.238. The Morgan fingerprint density at radius 2 is 2.07 bits per heavy atom. The molecule has 0 fully saturated rings. The Morgan fingerprint density at radius 3 is 2.47 bits per heavy atom. The van der Waals surface area contributed by atoms with E-state index >= 15 is 0 Å². The van der Waals surface area contributed by atoms with Crippen LogP contribution >= 0.6 is 0 Å². The van der Waals surface area contributed by atoms with Crippen molar-refractivity contribution >= 4 is 12.3 Å². The summed E-state index contributed by atoms with van der Waals surface area (Å²) in [5.41, 5.74) is 2.36. The molecule has 4 heteroatoms. The minimum Gasteiger partial charge on any atom is -0.464 e. The van der Waals surface area contributed by atoms with E-state index in [1.807, 2.05) is 20.8 Å². The Balaban J connectivity index is 3.34. The van der Waals surface area contributed by atoms with E-state index in [1.165, 1.54) is 7.11 Å². The third-order valence-electron chi connectivity index (χ3n) is 2.42. The van der Waals surface area contributed by atoms with Gasteiger partial charge in [-0.3, -0.25) is 4.79 Å². The number of carbonyl (C=O) groups is 2. The number of esters is 1. The van der Waals surface area contributed by atoms with Crippen LogP contribution in [0.1, 0.15) is 51.9 Å². The van der Waals surface area contributed by atoms with E-state index in [4.69, 9.17) is 0 Å². The SMILES string of the molecule is COC(=O)c1[nH]c(C(C)C)c(C)c1C=O. The van der Waals surface area contributed by atoms with Crippen LogP contribution in [0.4, 0.5) is 0 Å². The summed E-state index contributed by atoms with van der Waals surface area (Å²) in [6.07, 6.45) is 0.684. The van der Waals surface area contributed by atoms with Gasteiger partial charge in [0.2, 0.25) is 0 Å². The van der Waals surface area contributed by atoms with Crippen LogP contribution in [-0.2, 0) is 4.74 Å². The molecule has 0 amide bonds. The summed E-state index contributed by atoms with van der Waals surface area (Å²) in [5, 5.41) is 0. The van der Waals surface area contributed by atoms with Crippen LogP contribution in [0.15, 0.2) is 0 Å². The maximum Gasteiger partial charge on any atom is 0.355 e. The summed E-state index contributed by atoms with van der Waals surface area (Å²) in [6.45, 7) is 5.81. The molecule has 0 spiro atoms. The maximum absolute atomic E-state index is 11.4. The number of hydrogen-bond donors (Lipinski definition) is 1. The number of carbonyl (C=O) groups excluding carboxylic acids is 2. The summed E-state index contributed by atoms with van der Waals surface area (Å²) >= 11 is 0. The molecule has 0 bridgehead atoms. The number of hydrogen-bond acceptors (Lipinski definition) is 3. The number of aromatic amines is 1. The van der Waals surface area contributed by atoms with E-state index in [-0.39, 0.29) is 11.6 Å². The van der Waals surface area contributed by atoms with E-state index in [0.717, 1.165) is 11.3 Å². The Hall–Kier alpha value is -1.58. The number of H-pyrrole nitrogens is 1. The number of aromatic nitrogens is 1. The normalized spacial score (nSPS) is 10.5. The van der Waals surface area contributed by atoms with Gasteiger partial charge in [0.15, 0.2) is 6.29 Å². The molecule has 0 saturated carbocycles. The second-order valence-corrected chi connectivity index (χ2v) is 3.72. The van der Waals surface area contributed by atoms with Gasteiger partial charge in [-0.2, -0.15) is 0 Å². The largest absolute Gasteiger partial charge is 0.464 e. The lowest BCUT2D eigenvalue weighted by Gasteiger charge is -2.02. The zero-order valence-electron chi connectivity index (χ0n) is 9.38. The third kappa shape index (κ3) is 1.93. The van der Waals surface area contributed by atoms with Crippen LogP contribution < -0.4 is 0 Å². The van der Waals surface area contributed by atoms with E-state index in [9.17, 15) is 9.59 Å². The first-order chi connectivity index (χ1) is 7.02. The van der Waals surface area contributed by atoms with Crippen LogP contribution in [0.5, 0.6) is 0 Å². The Kier molecular flexibility index (Phi) is 3.29. The van der Waals surface area contributed by atoms with Gasteiger partial charge in [-0.15, -0.1) is 0 Å². The molecule has 0 aliphatic rings. The summed E-state index contributed by atoms with van der Waals surface area (Å²) in [7, 11) is 1.29. The van der Waals surface area contributed by atoms with Crippen molar-refractivity contribution < 1.29 is 14.3 Å². The predicted molar refractivity (Wildman–Crippen MR) is 56.3 cm³/mol. The standard InChI is InChI=1S/C11H15NO3/c1-6(2)9-7(3)8(5-13)10(12-9)11(14)15-4/h5-6,12H,1-4H3. The second-order valence-electron chi connectivity index (χ2n) is 3.72. The molecule has 0 saturated heterocycles. The predicted octanol–water partition coefficient (Wildman–Crippen LogP) is 2.05. The molecule has 0 radical (unpaired) electrons. The van der Waals surface area contributed by atoms with Crippen LogP contribution in [0.2, 0.25) is 0 Å². The number of nitrogens with one attached hydrogen (secondary N) is 1. The zero-order valence-corrected chi connectivity index (χ0v) is 9.38. The highest BCUT2D eigenvalue weighted by Crippen LogP contribution is 2.23. The number of aldehydes is 1. The maximum atomic E-state index is 11.4. The number of ether oxygens (including phenoxy) is 1. The second kappa shape index (κ2) is 4.29. The van der Waals surface area contributed by atoms with Crippen molar-refractivity contribution in [1.82, 2.24) is 4.98 Å². The lowest BCUT2D eigenvalue weighted by Crippen LogP contribution is -2.05. The van der Waals surface area contributed by atoms with Gasteiger partial charge in [0.1, 0.15) is 5.69 Å². The highest BCUT2D eigenvalue weighted by atomic mass is 16.5. The highest BCUT2D eigenvalue weighted by Gasteiger charge is 2.20. The molecule has 1 aromatic rings. The van der Waals surface area contributed by atoms with E-state index < -0.39 is 5.97 Å². The van der Waals surface area contributed by atoms with E-state index in [1.54, 1.807) is 0 Å². The highest BCUT2D eigenvalue weighted by molar-refractivity contribution is 5.98. The fourth-order valence-corrected chi connectivity index (χ4v) is 1.62. The van der Waals surface area contributed by atoms with Gasteiger partial charge >= 0.3 is 5.97 Å². The van der Waals surface area contributed by atoms with Crippen LogP contribution in [0.25, 0.3) is 0 Å². The molecule has 82 valence electrons. The monoisotopic (exact) mass is 209 g/mol. The Bertz CT molecular complexity index is 391. The van der Waals surface area contributed by atoms with E-state index in [0.29, 0.717) is 11.8 Å². The van der Waals surface area contributed by atoms with Gasteiger partial charge in [-0.05, 0) is 18.4 Å². The lowest BCUT2D eigenvalue weighted by molar-refractivity contribution is 0.0592. The smallest absolute Gasteiger partial charge is 0.355 e. The Labute approximate surface area is 88.6 Å². The first-order valence-electron chi connectivity index (χ1n) is 4.78. The van der Waals surface area contributed by atoms with Crippen molar-refractivity contribution in [3.8, 4) is 0 Å². The molecule has 1 heterocycles. The summed E-state index contributed by atoms with van der Waals surface area (Å²) < 4.78 is 4.60. The van der Waals surface area contributed by atoms with Gasteiger partial charge in [-0.25, -0.2) is 4.79 Å². The molecule has 0 unspecified atom stereocenters. The molecule has 0 aliphatic carbocycles. The van der Waals surface area contributed by atoms with Crippen LogP contribution in [0.3, 0.4) is 0 Å². The molecular weight excluding hydrogens is 194 g/mol. The average Bonchev–Trinajstić information content (AvgIpc) is 2.54. The molecule has 1 N–H and O–H groups in total. The molecule has 4 nitrogen and oxygen atoms in total. The third-order valence-corrected chi connectivity index (χ3v) is 2.42. The zero-order chi connectivity index (χ0) is 11.6.